The van der Waals surface area contributed by atoms with E-state index in [1.165, 1.54) is 4.88 Å². The van der Waals surface area contributed by atoms with Gasteiger partial charge >= 0.3 is 0 Å². The molecule has 0 bridgehead atoms. The molecule has 0 aliphatic carbocycles. The predicted molar refractivity (Wildman–Crippen MR) is 57.5 cm³/mol. The van der Waals surface area contributed by atoms with Crippen LogP contribution in [0.1, 0.15) is 10.6 Å². The number of rotatable bonds is 3. The first-order valence-electron chi connectivity index (χ1n) is 4.36. The topological polar surface area (TPSA) is 44.8 Å². The number of imidazole rings is 1. The third kappa shape index (κ3) is 1.93. The van der Waals surface area contributed by atoms with Crippen molar-refractivity contribution in [1.29, 1.82) is 0 Å². The van der Waals surface area contributed by atoms with Crippen LogP contribution in [0.4, 0.5) is 5.95 Å². The van der Waals surface area contributed by atoms with E-state index in [1.807, 2.05) is 31.9 Å². The van der Waals surface area contributed by atoms with Crippen molar-refractivity contribution in [2.75, 3.05) is 11.9 Å². The standard InChI is InChI=1S/C9H12N4S/c1-7-3-11-9(12-7)13(2)5-8-4-10-6-14-8/h3-4,6H,5H2,1-2H3,(H,11,12). The molecule has 0 radical (unpaired) electrons. The Morgan fingerprint density at radius 2 is 2.36 bits per heavy atom. The van der Waals surface area contributed by atoms with Crippen LogP contribution in [0.2, 0.25) is 0 Å². The molecule has 4 nitrogen and oxygen atoms in total. The normalized spacial score (nSPS) is 10.4. The van der Waals surface area contributed by atoms with Crippen LogP contribution < -0.4 is 4.90 Å². The molecule has 0 unspecified atom stereocenters. The van der Waals surface area contributed by atoms with Crippen LogP contribution in [-0.2, 0) is 6.54 Å². The van der Waals surface area contributed by atoms with E-state index >= 15 is 0 Å². The van der Waals surface area contributed by atoms with E-state index in [2.05, 4.69) is 19.9 Å². The zero-order valence-corrected chi connectivity index (χ0v) is 9.01. The van der Waals surface area contributed by atoms with Gasteiger partial charge < -0.3 is 9.88 Å². The van der Waals surface area contributed by atoms with Crippen molar-refractivity contribution in [3.8, 4) is 0 Å². The highest BCUT2D eigenvalue weighted by molar-refractivity contribution is 7.09. The zero-order chi connectivity index (χ0) is 9.97. The predicted octanol–water partition coefficient (Wildman–Crippen LogP) is 1.81. The molecule has 2 heterocycles. The molecule has 14 heavy (non-hydrogen) atoms. The number of aromatic nitrogens is 3. The van der Waals surface area contributed by atoms with Crippen molar-refractivity contribution in [1.82, 2.24) is 15.0 Å². The second-order valence-electron chi connectivity index (χ2n) is 3.21. The number of anilines is 1. The van der Waals surface area contributed by atoms with Crippen molar-refractivity contribution in [3.63, 3.8) is 0 Å². The van der Waals surface area contributed by atoms with E-state index in [4.69, 9.17) is 0 Å². The molecule has 74 valence electrons. The highest BCUT2D eigenvalue weighted by Gasteiger charge is 2.05. The molecule has 0 aliphatic rings. The summed E-state index contributed by atoms with van der Waals surface area (Å²) in [6.45, 7) is 2.84. The van der Waals surface area contributed by atoms with E-state index < -0.39 is 0 Å². The number of hydrogen-bond donors (Lipinski definition) is 1. The summed E-state index contributed by atoms with van der Waals surface area (Å²) >= 11 is 1.66. The number of nitrogens with one attached hydrogen (secondary N) is 1. The van der Waals surface area contributed by atoms with Crippen molar-refractivity contribution in [3.05, 3.63) is 28.5 Å². The Labute approximate surface area is 86.6 Å². The lowest BCUT2D eigenvalue weighted by Crippen LogP contribution is -2.16. The molecule has 0 amide bonds. The van der Waals surface area contributed by atoms with Gasteiger partial charge in [0, 0.05) is 30.0 Å². The lowest BCUT2D eigenvalue weighted by atomic mass is 10.5. The van der Waals surface area contributed by atoms with Gasteiger partial charge in [-0.2, -0.15) is 0 Å². The summed E-state index contributed by atoms with van der Waals surface area (Å²) < 4.78 is 0. The van der Waals surface area contributed by atoms with Crippen molar-refractivity contribution < 1.29 is 0 Å². The van der Waals surface area contributed by atoms with Crippen LogP contribution in [0.25, 0.3) is 0 Å². The number of H-pyrrole nitrogens is 1. The molecular formula is C9H12N4S. The van der Waals surface area contributed by atoms with Crippen molar-refractivity contribution in [2.24, 2.45) is 0 Å². The third-order valence-corrected chi connectivity index (χ3v) is 2.69. The summed E-state index contributed by atoms with van der Waals surface area (Å²) in [7, 11) is 2.01. The molecule has 0 saturated heterocycles. The Balaban J connectivity index is 2.06. The molecule has 2 aromatic rings. The molecule has 2 rings (SSSR count). The SMILES string of the molecule is Cc1cnc(N(C)Cc2cncs2)[nH]1. The second-order valence-corrected chi connectivity index (χ2v) is 4.18. The van der Waals surface area contributed by atoms with Gasteiger partial charge in [-0.3, -0.25) is 4.98 Å². The fourth-order valence-electron chi connectivity index (χ4n) is 1.22. The number of aromatic amines is 1. The fraction of sp³-hybridized carbons (Fsp3) is 0.333. The van der Waals surface area contributed by atoms with Gasteiger partial charge in [0.15, 0.2) is 0 Å². The third-order valence-electron chi connectivity index (χ3n) is 1.93. The van der Waals surface area contributed by atoms with Crippen LogP contribution in [-0.4, -0.2) is 22.0 Å². The van der Waals surface area contributed by atoms with E-state index in [9.17, 15) is 0 Å². The van der Waals surface area contributed by atoms with Gasteiger partial charge in [0.25, 0.3) is 0 Å². The van der Waals surface area contributed by atoms with Crippen molar-refractivity contribution >= 4 is 17.3 Å². The molecular weight excluding hydrogens is 196 g/mol. The molecule has 0 spiro atoms. The molecule has 0 aromatic carbocycles. The minimum absolute atomic E-state index is 0.845. The number of thiazole rings is 1. The number of aryl methyl sites for hydroxylation is 1. The number of hydrogen-bond acceptors (Lipinski definition) is 4. The number of nitrogens with zero attached hydrogens (tertiary/aromatic N) is 3. The average molecular weight is 208 g/mol. The lowest BCUT2D eigenvalue weighted by molar-refractivity contribution is 0.890. The van der Waals surface area contributed by atoms with Gasteiger partial charge in [-0.05, 0) is 6.92 Å². The molecule has 2 aromatic heterocycles. The minimum atomic E-state index is 0.845. The average Bonchev–Trinajstić information content (AvgIpc) is 2.75. The minimum Gasteiger partial charge on any atom is -0.340 e. The van der Waals surface area contributed by atoms with Gasteiger partial charge in [0.2, 0.25) is 5.95 Å². The zero-order valence-electron chi connectivity index (χ0n) is 8.19. The molecule has 0 atom stereocenters. The van der Waals surface area contributed by atoms with Gasteiger partial charge in [0.1, 0.15) is 0 Å². The maximum atomic E-state index is 4.25. The van der Waals surface area contributed by atoms with Crippen molar-refractivity contribution in [2.45, 2.75) is 13.5 Å². The molecule has 1 N–H and O–H groups in total. The summed E-state index contributed by atoms with van der Waals surface area (Å²) in [6, 6.07) is 0. The maximum Gasteiger partial charge on any atom is 0.203 e. The summed E-state index contributed by atoms with van der Waals surface area (Å²) in [5.41, 5.74) is 2.92. The maximum absolute atomic E-state index is 4.25. The van der Waals surface area contributed by atoms with E-state index in [0.29, 0.717) is 0 Å². The largest absolute Gasteiger partial charge is 0.340 e. The molecule has 0 fully saturated rings. The second kappa shape index (κ2) is 3.79. The molecule has 0 aliphatic heterocycles. The monoisotopic (exact) mass is 208 g/mol. The Kier molecular flexibility index (Phi) is 2.49. The van der Waals surface area contributed by atoms with Gasteiger partial charge in [0.05, 0.1) is 12.1 Å². The Morgan fingerprint density at radius 1 is 1.50 bits per heavy atom. The molecule has 5 heteroatoms. The summed E-state index contributed by atoms with van der Waals surface area (Å²) in [5, 5.41) is 0. The van der Waals surface area contributed by atoms with E-state index in [1.54, 1.807) is 11.3 Å². The summed E-state index contributed by atoms with van der Waals surface area (Å²) in [4.78, 5) is 14.8. The Bertz CT molecular complexity index is 393. The summed E-state index contributed by atoms with van der Waals surface area (Å²) in [6.07, 6.45) is 3.72. The van der Waals surface area contributed by atoms with Crippen LogP contribution in [0.3, 0.4) is 0 Å². The highest BCUT2D eigenvalue weighted by atomic mass is 32.1. The van der Waals surface area contributed by atoms with Gasteiger partial charge in [-0.25, -0.2) is 4.98 Å². The first-order chi connectivity index (χ1) is 6.75. The van der Waals surface area contributed by atoms with Gasteiger partial charge in [-0.1, -0.05) is 0 Å². The van der Waals surface area contributed by atoms with E-state index in [0.717, 1.165) is 18.2 Å². The fourth-order valence-corrected chi connectivity index (χ4v) is 1.87. The Morgan fingerprint density at radius 3 is 2.93 bits per heavy atom. The van der Waals surface area contributed by atoms with E-state index in [-0.39, 0.29) is 0 Å². The van der Waals surface area contributed by atoms with Crippen LogP contribution in [0, 0.1) is 6.92 Å². The van der Waals surface area contributed by atoms with Crippen LogP contribution in [0.15, 0.2) is 17.9 Å². The van der Waals surface area contributed by atoms with Crippen LogP contribution in [0.5, 0.6) is 0 Å². The lowest BCUT2D eigenvalue weighted by Gasteiger charge is -2.13. The van der Waals surface area contributed by atoms with Crippen LogP contribution >= 0.6 is 11.3 Å². The first kappa shape index (κ1) is 9.21. The quantitative estimate of drug-likeness (QED) is 0.836. The Hall–Kier alpha value is -1.36. The van der Waals surface area contributed by atoms with Gasteiger partial charge in [-0.15, -0.1) is 11.3 Å². The highest BCUT2D eigenvalue weighted by Crippen LogP contribution is 2.13. The first-order valence-corrected chi connectivity index (χ1v) is 5.24. The molecule has 0 saturated carbocycles. The summed E-state index contributed by atoms with van der Waals surface area (Å²) in [5.74, 6) is 0.899. The smallest absolute Gasteiger partial charge is 0.203 e.